The van der Waals surface area contributed by atoms with Crippen molar-refractivity contribution in [1.29, 1.82) is 0 Å². The largest absolute Gasteiger partial charge is 0.472 e. The minimum absolute atomic E-state index is 0.101. The van der Waals surface area contributed by atoms with Crippen molar-refractivity contribution in [3.05, 3.63) is 0 Å². The Kier molecular flexibility index (Phi) is 52.0. The van der Waals surface area contributed by atoms with E-state index in [2.05, 4.69) is 55.4 Å². The fourth-order valence-electron chi connectivity index (χ4n) is 9.25. The molecule has 0 aliphatic carbocycles. The number of hydrogen-bond donors (Lipinski definition) is 3. The van der Waals surface area contributed by atoms with E-state index in [-0.39, 0.29) is 25.7 Å². The number of carbonyl (C=O) groups is 4. The van der Waals surface area contributed by atoms with Crippen LogP contribution in [0.4, 0.5) is 0 Å². The maximum Gasteiger partial charge on any atom is 0.472 e. The molecule has 0 aliphatic rings. The van der Waals surface area contributed by atoms with E-state index < -0.39 is 97.5 Å². The lowest BCUT2D eigenvalue weighted by atomic mass is 10.0. The zero-order valence-corrected chi connectivity index (χ0v) is 54.9. The Balaban J connectivity index is 5.23. The van der Waals surface area contributed by atoms with Crippen LogP contribution < -0.4 is 0 Å². The zero-order valence-electron chi connectivity index (χ0n) is 53.1. The average molecular weight is 1210 g/mol. The average Bonchev–Trinajstić information content (AvgIpc) is 3.43. The fourth-order valence-corrected chi connectivity index (χ4v) is 10.8. The number of ether oxygens (including phenoxy) is 4. The maximum atomic E-state index is 12.9. The molecule has 0 rings (SSSR count). The smallest absolute Gasteiger partial charge is 0.462 e. The number of aliphatic hydroxyl groups excluding tert-OH is 1. The number of carbonyl (C=O) groups excluding carboxylic acids is 4. The normalized spacial score (nSPS) is 14.5. The van der Waals surface area contributed by atoms with Gasteiger partial charge in [0.15, 0.2) is 12.2 Å². The van der Waals surface area contributed by atoms with Gasteiger partial charge < -0.3 is 33.8 Å². The van der Waals surface area contributed by atoms with Crippen LogP contribution >= 0.6 is 15.6 Å². The molecule has 5 atom stereocenters. The van der Waals surface area contributed by atoms with Crippen molar-refractivity contribution < 1.29 is 80.2 Å². The van der Waals surface area contributed by atoms with Crippen LogP contribution in [0.1, 0.15) is 299 Å². The molecule has 0 spiro atoms. The van der Waals surface area contributed by atoms with E-state index in [1.165, 1.54) is 96.3 Å². The van der Waals surface area contributed by atoms with Gasteiger partial charge >= 0.3 is 39.5 Å². The van der Waals surface area contributed by atoms with Gasteiger partial charge in [0.25, 0.3) is 0 Å². The molecule has 0 fully saturated rings. The van der Waals surface area contributed by atoms with Gasteiger partial charge in [-0.3, -0.25) is 37.3 Å². The van der Waals surface area contributed by atoms with E-state index in [0.717, 1.165) is 102 Å². The first-order valence-electron chi connectivity index (χ1n) is 32.7. The molecule has 0 saturated carbocycles. The molecular weight excluding hydrogens is 1090 g/mol. The van der Waals surface area contributed by atoms with E-state index >= 15 is 0 Å². The van der Waals surface area contributed by atoms with Crippen LogP contribution in [0.5, 0.6) is 0 Å². The topological polar surface area (TPSA) is 237 Å². The number of rotatable bonds is 60. The van der Waals surface area contributed by atoms with Crippen LogP contribution in [0.15, 0.2) is 0 Å². The van der Waals surface area contributed by atoms with Gasteiger partial charge in [-0.1, -0.05) is 248 Å². The van der Waals surface area contributed by atoms with E-state index in [0.29, 0.717) is 43.4 Å². The van der Waals surface area contributed by atoms with Crippen molar-refractivity contribution in [1.82, 2.24) is 0 Å². The summed E-state index contributed by atoms with van der Waals surface area (Å²) >= 11 is 0. The Hall–Kier alpha value is -1.94. The van der Waals surface area contributed by atoms with Gasteiger partial charge in [0.05, 0.1) is 26.4 Å². The minimum atomic E-state index is -4.94. The lowest BCUT2D eigenvalue weighted by molar-refractivity contribution is -0.161. The van der Waals surface area contributed by atoms with Crippen molar-refractivity contribution in [2.24, 2.45) is 23.7 Å². The third-order valence-corrected chi connectivity index (χ3v) is 16.2. The molecule has 0 aromatic heterocycles. The van der Waals surface area contributed by atoms with Gasteiger partial charge in [0.2, 0.25) is 0 Å². The molecule has 3 unspecified atom stereocenters. The summed E-state index contributed by atoms with van der Waals surface area (Å²) in [6.45, 7) is 13.9. The SMILES string of the molecule is CC(C)CCCCCCCCCCCCC(=O)OC[C@H](COP(=O)(O)OCC(O)COP(=O)(O)OC[C@@H](COC(=O)CCCCCCCCCC(C)C)OC(=O)CCCCCCCCCC(C)C)OC(=O)CCCCCCCCC(C)C. The van der Waals surface area contributed by atoms with E-state index in [1.807, 2.05) is 0 Å². The monoisotopic (exact) mass is 1210 g/mol. The molecular formula is C63H122O17P2. The molecule has 0 amide bonds. The van der Waals surface area contributed by atoms with Gasteiger partial charge in [0.1, 0.15) is 19.3 Å². The highest BCUT2D eigenvalue weighted by Crippen LogP contribution is 2.45. The maximum absolute atomic E-state index is 12.9. The highest BCUT2D eigenvalue weighted by atomic mass is 31.2. The second kappa shape index (κ2) is 53.3. The number of phosphoric ester groups is 2. The quantitative estimate of drug-likeness (QED) is 0.0222. The molecule has 82 heavy (non-hydrogen) atoms. The molecule has 0 heterocycles. The van der Waals surface area contributed by atoms with E-state index in [9.17, 15) is 43.2 Å². The lowest BCUT2D eigenvalue weighted by Gasteiger charge is -2.21. The van der Waals surface area contributed by atoms with Crippen LogP contribution in [0, 0.1) is 23.7 Å². The number of unbranched alkanes of at least 4 members (excludes halogenated alkanes) is 26. The molecule has 0 bridgehead atoms. The minimum Gasteiger partial charge on any atom is -0.462 e. The number of aliphatic hydroxyl groups is 1. The Morgan fingerprint density at radius 2 is 0.512 bits per heavy atom. The summed E-state index contributed by atoms with van der Waals surface area (Å²) < 4.78 is 67.9. The van der Waals surface area contributed by atoms with Gasteiger partial charge in [-0.15, -0.1) is 0 Å². The first-order valence-corrected chi connectivity index (χ1v) is 35.7. The molecule has 3 N–H and O–H groups in total. The number of esters is 4. The Bertz CT molecular complexity index is 1640. The molecule has 486 valence electrons. The highest BCUT2D eigenvalue weighted by Gasteiger charge is 2.30. The van der Waals surface area contributed by atoms with Crippen LogP contribution in [-0.2, 0) is 65.4 Å². The predicted molar refractivity (Wildman–Crippen MR) is 326 cm³/mol. The second-order valence-electron chi connectivity index (χ2n) is 24.7. The first-order chi connectivity index (χ1) is 39.1. The Labute approximate surface area is 498 Å². The molecule has 0 radical (unpaired) electrons. The van der Waals surface area contributed by atoms with E-state index in [1.54, 1.807) is 0 Å². The van der Waals surface area contributed by atoms with Gasteiger partial charge in [-0.25, -0.2) is 9.13 Å². The summed E-state index contributed by atoms with van der Waals surface area (Å²) in [6, 6.07) is 0. The number of phosphoric acid groups is 2. The third-order valence-electron chi connectivity index (χ3n) is 14.3. The van der Waals surface area contributed by atoms with Crippen LogP contribution in [-0.4, -0.2) is 96.7 Å². The summed E-state index contributed by atoms with van der Waals surface area (Å²) in [4.78, 5) is 72.1. The molecule has 19 heteroatoms. The van der Waals surface area contributed by atoms with Crippen molar-refractivity contribution in [2.75, 3.05) is 39.6 Å². The summed E-state index contributed by atoms with van der Waals surface area (Å²) in [5.74, 6) is 0.683. The van der Waals surface area contributed by atoms with Crippen molar-refractivity contribution in [3.8, 4) is 0 Å². The van der Waals surface area contributed by atoms with Crippen molar-refractivity contribution >= 4 is 39.5 Å². The first kappa shape index (κ1) is 80.1. The zero-order chi connectivity index (χ0) is 61.1. The van der Waals surface area contributed by atoms with Gasteiger partial charge in [-0.05, 0) is 49.4 Å². The summed E-state index contributed by atoms with van der Waals surface area (Å²) in [6.07, 6.45) is 32.4. The second-order valence-corrected chi connectivity index (χ2v) is 27.6. The molecule has 0 saturated heterocycles. The molecule has 17 nitrogen and oxygen atoms in total. The standard InChI is InChI=1S/C63H122O17P2/c1-53(2)39-31-23-15-11-9-10-12-18-27-35-43-60(65)73-50-59(80-63(68)46-38-30-22-21-26-34-42-56(7)8)52-78-82(71,72)76-48-57(64)47-75-81(69,70)77-51-58(79-62(67)45-37-29-20-14-17-25-33-41-55(5)6)49-74-61(66)44-36-28-19-13-16-24-32-40-54(3)4/h53-59,64H,9-52H2,1-8H3,(H,69,70)(H,71,72)/t57?,58-,59-/m1/s1. The summed E-state index contributed by atoms with van der Waals surface area (Å²) in [7, 11) is -9.89. The number of hydrogen-bond acceptors (Lipinski definition) is 15. The van der Waals surface area contributed by atoms with Gasteiger partial charge in [-0.2, -0.15) is 0 Å². The molecule has 0 aromatic rings. The van der Waals surface area contributed by atoms with Crippen molar-refractivity contribution in [2.45, 2.75) is 318 Å². The molecule has 0 aliphatic heterocycles. The van der Waals surface area contributed by atoms with Crippen LogP contribution in [0.25, 0.3) is 0 Å². The Morgan fingerprint density at radius 3 is 0.756 bits per heavy atom. The predicted octanol–water partition coefficient (Wildman–Crippen LogP) is 17.0. The third kappa shape index (κ3) is 57.2. The van der Waals surface area contributed by atoms with Crippen molar-refractivity contribution in [3.63, 3.8) is 0 Å². The molecule has 0 aromatic carbocycles. The summed E-state index contributed by atoms with van der Waals surface area (Å²) in [5, 5.41) is 10.5. The van der Waals surface area contributed by atoms with Gasteiger partial charge in [0, 0.05) is 25.7 Å². The highest BCUT2D eigenvalue weighted by molar-refractivity contribution is 7.47. The Morgan fingerprint density at radius 1 is 0.305 bits per heavy atom. The van der Waals surface area contributed by atoms with Crippen LogP contribution in [0.3, 0.4) is 0 Å². The summed E-state index contributed by atoms with van der Waals surface area (Å²) in [5.41, 5.74) is 0. The van der Waals surface area contributed by atoms with Crippen LogP contribution in [0.2, 0.25) is 0 Å². The lowest BCUT2D eigenvalue weighted by Crippen LogP contribution is -2.30. The fraction of sp³-hybridized carbons (Fsp3) is 0.937. The van der Waals surface area contributed by atoms with E-state index in [4.69, 9.17) is 37.0 Å².